The minimum Gasteiger partial charge on any atom is -0.457 e. The SMILES string of the molecule is N#Cc1c(COC(=O)c2ccc(F)cc2F)cn2ccccc12. The number of fused-ring (bicyclic) bond motifs is 1. The lowest BCUT2D eigenvalue weighted by Crippen LogP contribution is -2.08. The molecule has 0 atom stereocenters. The number of hydrogen-bond acceptors (Lipinski definition) is 3. The van der Waals surface area contributed by atoms with Crippen LogP contribution in [0.1, 0.15) is 21.5 Å². The fraction of sp³-hybridized carbons (Fsp3) is 0.0588. The Labute approximate surface area is 130 Å². The average Bonchev–Trinajstić information content (AvgIpc) is 2.90. The summed E-state index contributed by atoms with van der Waals surface area (Å²) in [5.41, 5.74) is 1.23. The minimum absolute atomic E-state index is 0.180. The molecule has 0 radical (unpaired) electrons. The zero-order valence-corrected chi connectivity index (χ0v) is 11.8. The molecule has 0 aliphatic heterocycles. The van der Waals surface area contributed by atoms with E-state index in [1.54, 1.807) is 35.0 Å². The first-order valence-corrected chi connectivity index (χ1v) is 6.71. The summed E-state index contributed by atoms with van der Waals surface area (Å²) in [4.78, 5) is 11.9. The molecular formula is C17H10F2N2O2. The van der Waals surface area contributed by atoms with Crippen LogP contribution >= 0.6 is 0 Å². The van der Waals surface area contributed by atoms with E-state index < -0.39 is 17.6 Å². The van der Waals surface area contributed by atoms with Crippen LogP contribution in [0, 0.1) is 23.0 Å². The van der Waals surface area contributed by atoms with Crippen LogP contribution in [0.15, 0.2) is 48.8 Å². The third kappa shape index (κ3) is 2.77. The third-order valence-corrected chi connectivity index (χ3v) is 3.38. The predicted molar refractivity (Wildman–Crippen MR) is 77.6 cm³/mol. The first-order valence-electron chi connectivity index (χ1n) is 6.71. The van der Waals surface area contributed by atoms with Crippen LogP contribution in [0.4, 0.5) is 8.78 Å². The van der Waals surface area contributed by atoms with E-state index in [1.165, 1.54) is 0 Å². The van der Waals surface area contributed by atoms with E-state index in [2.05, 4.69) is 6.07 Å². The van der Waals surface area contributed by atoms with Gasteiger partial charge in [-0.25, -0.2) is 13.6 Å². The highest BCUT2D eigenvalue weighted by Gasteiger charge is 2.16. The van der Waals surface area contributed by atoms with Crippen molar-refractivity contribution >= 4 is 11.5 Å². The molecule has 0 unspecified atom stereocenters. The Morgan fingerprint density at radius 1 is 1.26 bits per heavy atom. The number of ether oxygens (including phenoxy) is 1. The van der Waals surface area contributed by atoms with Crippen molar-refractivity contribution in [2.45, 2.75) is 6.61 Å². The average molecular weight is 312 g/mol. The molecule has 2 aromatic heterocycles. The Hall–Kier alpha value is -3.20. The molecule has 0 saturated carbocycles. The van der Waals surface area contributed by atoms with Gasteiger partial charge in [0.2, 0.25) is 0 Å². The molecule has 23 heavy (non-hydrogen) atoms. The van der Waals surface area contributed by atoms with Gasteiger partial charge in [-0.05, 0) is 24.3 Å². The van der Waals surface area contributed by atoms with Gasteiger partial charge in [-0.2, -0.15) is 5.26 Å². The summed E-state index contributed by atoms with van der Waals surface area (Å²) >= 11 is 0. The van der Waals surface area contributed by atoms with Gasteiger partial charge in [0.05, 0.1) is 16.6 Å². The number of pyridine rings is 1. The van der Waals surface area contributed by atoms with Crippen LogP contribution in [0.5, 0.6) is 0 Å². The van der Waals surface area contributed by atoms with Gasteiger partial charge in [0.25, 0.3) is 0 Å². The van der Waals surface area contributed by atoms with E-state index in [4.69, 9.17) is 4.74 Å². The van der Waals surface area contributed by atoms with Crippen molar-refractivity contribution in [1.29, 1.82) is 5.26 Å². The largest absolute Gasteiger partial charge is 0.457 e. The van der Waals surface area contributed by atoms with Gasteiger partial charge in [-0.3, -0.25) is 0 Å². The van der Waals surface area contributed by atoms with Gasteiger partial charge >= 0.3 is 5.97 Å². The molecule has 0 fully saturated rings. The lowest BCUT2D eigenvalue weighted by atomic mass is 10.2. The fourth-order valence-corrected chi connectivity index (χ4v) is 2.29. The summed E-state index contributed by atoms with van der Waals surface area (Å²) in [5.74, 6) is -2.68. The molecule has 2 heterocycles. The fourth-order valence-electron chi connectivity index (χ4n) is 2.29. The second-order valence-corrected chi connectivity index (χ2v) is 4.83. The molecule has 0 bridgehead atoms. The molecule has 0 amide bonds. The van der Waals surface area contributed by atoms with Crippen LogP contribution in [-0.4, -0.2) is 10.4 Å². The molecule has 0 aliphatic carbocycles. The Bertz CT molecular complexity index is 941. The number of rotatable bonds is 3. The summed E-state index contributed by atoms with van der Waals surface area (Å²) in [6.07, 6.45) is 3.43. The second kappa shape index (κ2) is 5.89. The van der Waals surface area contributed by atoms with Gasteiger partial charge in [0.15, 0.2) is 0 Å². The number of aromatic nitrogens is 1. The van der Waals surface area contributed by atoms with Crippen LogP contribution in [0.3, 0.4) is 0 Å². The molecule has 0 N–H and O–H groups in total. The summed E-state index contributed by atoms with van der Waals surface area (Å²) in [6.45, 7) is -0.180. The Kier molecular flexibility index (Phi) is 3.77. The van der Waals surface area contributed by atoms with Crippen molar-refractivity contribution in [3.63, 3.8) is 0 Å². The van der Waals surface area contributed by atoms with E-state index in [1.807, 2.05) is 0 Å². The lowest BCUT2D eigenvalue weighted by molar-refractivity contribution is 0.0467. The molecule has 114 valence electrons. The molecule has 4 nitrogen and oxygen atoms in total. The smallest absolute Gasteiger partial charge is 0.341 e. The maximum atomic E-state index is 13.5. The molecule has 3 aromatic rings. The first kappa shape index (κ1) is 14.7. The van der Waals surface area contributed by atoms with Crippen LogP contribution in [0.25, 0.3) is 5.52 Å². The predicted octanol–water partition coefficient (Wildman–Crippen LogP) is 3.45. The summed E-state index contributed by atoms with van der Waals surface area (Å²) < 4.78 is 33.2. The van der Waals surface area contributed by atoms with E-state index in [-0.39, 0.29) is 12.2 Å². The van der Waals surface area contributed by atoms with Gasteiger partial charge in [-0.15, -0.1) is 0 Å². The van der Waals surface area contributed by atoms with Crippen molar-refractivity contribution in [2.75, 3.05) is 0 Å². The number of benzene rings is 1. The molecule has 0 saturated heterocycles. The molecule has 6 heteroatoms. The number of esters is 1. The minimum atomic E-state index is -0.988. The quantitative estimate of drug-likeness (QED) is 0.696. The number of nitrogens with zero attached hydrogens (tertiary/aromatic N) is 2. The molecule has 0 spiro atoms. The normalized spacial score (nSPS) is 10.5. The van der Waals surface area contributed by atoms with Gasteiger partial charge in [0, 0.05) is 24.0 Å². The number of halogens is 2. The summed E-state index contributed by atoms with van der Waals surface area (Å²) in [6, 6.07) is 10.0. The number of carbonyl (C=O) groups excluding carboxylic acids is 1. The Morgan fingerprint density at radius 2 is 2.09 bits per heavy atom. The van der Waals surface area contributed by atoms with E-state index >= 15 is 0 Å². The Balaban J connectivity index is 1.83. The maximum Gasteiger partial charge on any atom is 0.341 e. The van der Waals surface area contributed by atoms with Crippen LogP contribution < -0.4 is 0 Å². The topological polar surface area (TPSA) is 54.5 Å². The summed E-state index contributed by atoms with van der Waals surface area (Å²) in [7, 11) is 0. The number of carbonyl (C=O) groups is 1. The van der Waals surface area contributed by atoms with Gasteiger partial charge < -0.3 is 9.14 Å². The zero-order chi connectivity index (χ0) is 16.4. The van der Waals surface area contributed by atoms with Gasteiger partial charge in [0.1, 0.15) is 24.3 Å². The van der Waals surface area contributed by atoms with Crippen molar-refractivity contribution in [2.24, 2.45) is 0 Å². The van der Waals surface area contributed by atoms with Crippen molar-refractivity contribution in [3.8, 4) is 6.07 Å². The highest BCUT2D eigenvalue weighted by atomic mass is 19.1. The highest BCUT2D eigenvalue weighted by Crippen LogP contribution is 2.19. The second-order valence-electron chi connectivity index (χ2n) is 4.83. The third-order valence-electron chi connectivity index (χ3n) is 3.38. The monoisotopic (exact) mass is 312 g/mol. The molecular weight excluding hydrogens is 302 g/mol. The van der Waals surface area contributed by atoms with Crippen molar-refractivity contribution in [1.82, 2.24) is 4.40 Å². The van der Waals surface area contributed by atoms with Crippen molar-refractivity contribution in [3.05, 3.63) is 77.1 Å². The first-order chi connectivity index (χ1) is 11.1. The molecule has 3 rings (SSSR count). The standard InChI is InChI=1S/C17H10F2N2O2/c18-12-4-5-13(15(19)7-12)17(22)23-10-11-9-21-6-2-1-3-16(21)14(11)8-20/h1-7,9H,10H2. The molecule has 0 aliphatic rings. The number of hydrogen-bond donors (Lipinski definition) is 0. The maximum absolute atomic E-state index is 13.5. The van der Waals surface area contributed by atoms with Crippen LogP contribution in [-0.2, 0) is 11.3 Å². The van der Waals surface area contributed by atoms with E-state index in [0.29, 0.717) is 22.7 Å². The Morgan fingerprint density at radius 3 is 2.83 bits per heavy atom. The highest BCUT2D eigenvalue weighted by molar-refractivity contribution is 5.89. The van der Waals surface area contributed by atoms with E-state index in [0.717, 1.165) is 12.1 Å². The lowest BCUT2D eigenvalue weighted by Gasteiger charge is -2.05. The summed E-state index contributed by atoms with van der Waals surface area (Å²) in [5, 5.41) is 9.26. The number of nitriles is 1. The molecule has 1 aromatic carbocycles. The zero-order valence-electron chi connectivity index (χ0n) is 11.8. The van der Waals surface area contributed by atoms with E-state index in [9.17, 15) is 18.8 Å². The van der Waals surface area contributed by atoms with Crippen molar-refractivity contribution < 1.29 is 18.3 Å². The van der Waals surface area contributed by atoms with Gasteiger partial charge in [-0.1, -0.05) is 6.07 Å². The van der Waals surface area contributed by atoms with Crippen LogP contribution in [0.2, 0.25) is 0 Å².